The van der Waals surface area contributed by atoms with Crippen molar-refractivity contribution in [1.82, 2.24) is 15.2 Å². The average Bonchev–Trinajstić information content (AvgIpc) is 2.79. The molecule has 3 N–H and O–H groups in total. The molecule has 1 amide bonds. The maximum Gasteiger partial charge on any atom is 0.265 e. The van der Waals surface area contributed by atoms with Crippen molar-refractivity contribution in [3.8, 4) is 0 Å². The number of halogens is 3. The fourth-order valence-corrected chi connectivity index (χ4v) is 5.13. The molecule has 0 aliphatic carbocycles. The summed E-state index contributed by atoms with van der Waals surface area (Å²) < 4.78 is 56.1. The molecule has 1 fully saturated rings. The van der Waals surface area contributed by atoms with Gasteiger partial charge in [-0.3, -0.25) is 19.4 Å². The summed E-state index contributed by atoms with van der Waals surface area (Å²) >= 11 is 5.89. The number of nitrogens with zero attached hydrogens (tertiary/aromatic N) is 3. The Bertz CT molecular complexity index is 1110. The van der Waals surface area contributed by atoms with Crippen molar-refractivity contribution in [3.05, 3.63) is 64.2 Å². The van der Waals surface area contributed by atoms with Crippen LogP contribution in [0.1, 0.15) is 15.9 Å². The fourth-order valence-electron chi connectivity index (χ4n) is 3.47. The number of nitrogen functional groups attached to an aromatic ring is 1. The van der Waals surface area contributed by atoms with Gasteiger partial charge in [-0.1, -0.05) is 17.7 Å². The molecular formula is C21H26ClF2N5O3S. The molecule has 0 saturated carbocycles. The summed E-state index contributed by atoms with van der Waals surface area (Å²) in [6.45, 7) is 3.11. The number of hydrogen-bond donors (Lipinski definition) is 2. The molecule has 0 bridgehead atoms. The molecule has 2 aromatic rings. The van der Waals surface area contributed by atoms with E-state index in [1.807, 2.05) is 17.4 Å². The second kappa shape index (κ2) is 10.7. The fraction of sp³-hybridized carbons (Fsp3) is 0.381. The highest BCUT2D eigenvalue weighted by Gasteiger charge is 2.26. The molecule has 180 valence electrons. The van der Waals surface area contributed by atoms with Gasteiger partial charge in [0, 0.05) is 43.9 Å². The van der Waals surface area contributed by atoms with Crippen LogP contribution in [-0.4, -0.2) is 69.6 Å². The highest BCUT2D eigenvalue weighted by Crippen LogP contribution is 2.27. The van der Waals surface area contributed by atoms with E-state index in [-0.39, 0.29) is 34.1 Å². The summed E-state index contributed by atoms with van der Waals surface area (Å²) in [5, 5.41) is -0.248. The summed E-state index contributed by atoms with van der Waals surface area (Å²) in [6.07, 6.45) is 0. The lowest BCUT2D eigenvalue weighted by atomic mass is 10.1. The Labute approximate surface area is 196 Å². The Balaban J connectivity index is 1.88. The summed E-state index contributed by atoms with van der Waals surface area (Å²) in [5.41, 5.74) is 2.05. The minimum atomic E-state index is -3.93. The Morgan fingerprint density at radius 2 is 1.82 bits per heavy atom. The standard InChI is InChI=1S/C21H26ClF2N5O3S/c1-27-6-8-28(9-7-27)10-11-33(31,32)29(17-4-5-19(23)18(22)13-17)14-16-3-2-15(12-20(16)24)21(30)26-25/h2-5,12-13H,6-11,14,25H2,1H3,(H,26,30). The van der Waals surface area contributed by atoms with E-state index in [1.165, 1.54) is 24.3 Å². The van der Waals surface area contributed by atoms with Crippen LogP contribution in [0.3, 0.4) is 0 Å². The molecule has 0 radical (unpaired) electrons. The van der Waals surface area contributed by atoms with Crippen molar-refractivity contribution in [2.24, 2.45) is 5.84 Å². The van der Waals surface area contributed by atoms with Gasteiger partial charge in [-0.05, 0) is 37.4 Å². The summed E-state index contributed by atoms with van der Waals surface area (Å²) in [5.74, 6) is 2.72. The summed E-state index contributed by atoms with van der Waals surface area (Å²) in [6, 6.07) is 7.17. The van der Waals surface area contributed by atoms with Crippen molar-refractivity contribution < 1.29 is 22.0 Å². The van der Waals surface area contributed by atoms with Gasteiger partial charge in [0.05, 0.1) is 23.0 Å². The first kappa shape index (κ1) is 25.3. The quantitative estimate of drug-likeness (QED) is 0.325. The zero-order chi connectivity index (χ0) is 24.2. The van der Waals surface area contributed by atoms with E-state index >= 15 is 0 Å². The van der Waals surface area contributed by atoms with E-state index in [0.717, 1.165) is 42.6 Å². The maximum atomic E-state index is 14.7. The molecule has 0 spiro atoms. The number of nitrogens with two attached hydrogens (primary N) is 1. The maximum absolute atomic E-state index is 14.7. The molecule has 1 heterocycles. The zero-order valence-electron chi connectivity index (χ0n) is 18.1. The number of nitrogens with one attached hydrogen (secondary N) is 1. The number of likely N-dealkylation sites (N-methyl/N-ethyl adjacent to an activating group) is 1. The number of hydrogen-bond acceptors (Lipinski definition) is 6. The normalized spacial score (nSPS) is 15.4. The number of anilines is 1. The second-order valence-corrected chi connectivity index (χ2v) is 10.3. The number of benzene rings is 2. The van der Waals surface area contributed by atoms with Crippen molar-refractivity contribution in [3.63, 3.8) is 0 Å². The first-order chi connectivity index (χ1) is 15.6. The number of carbonyl (C=O) groups excluding carboxylic acids is 1. The van der Waals surface area contributed by atoms with Crippen LogP contribution in [-0.2, 0) is 16.6 Å². The molecule has 8 nitrogen and oxygen atoms in total. The lowest BCUT2D eigenvalue weighted by molar-refractivity contribution is 0.0953. The molecule has 0 atom stereocenters. The van der Waals surface area contributed by atoms with Crippen LogP contribution in [0.5, 0.6) is 0 Å². The third kappa shape index (κ3) is 6.39. The second-order valence-electron chi connectivity index (χ2n) is 7.85. The number of rotatable bonds is 8. The lowest BCUT2D eigenvalue weighted by Crippen LogP contribution is -2.47. The van der Waals surface area contributed by atoms with Crippen molar-refractivity contribution in [2.75, 3.05) is 49.8 Å². The van der Waals surface area contributed by atoms with Crippen LogP contribution in [0, 0.1) is 11.6 Å². The number of carbonyl (C=O) groups is 1. The van der Waals surface area contributed by atoms with Crippen LogP contribution in [0.4, 0.5) is 14.5 Å². The van der Waals surface area contributed by atoms with Gasteiger partial charge in [0.15, 0.2) is 0 Å². The van der Waals surface area contributed by atoms with E-state index < -0.39 is 27.6 Å². The number of hydrazine groups is 1. The predicted octanol–water partition coefficient (Wildman–Crippen LogP) is 1.81. The van der Waals surface area contributed by atoms with Gasteiger partial charge in [0.2, 0.25) is 10.0 Å². The van der Waals surface area contributed by atoms with Gasteiger partial charge in [0.1, 0.15) is 11.6 Å². The molecule has 0 aromatic heterocycles. The first-order valence-corrected chi connectivity index (χ1v) is 12.2. The van der Waals surface area contributed by atoms with Crippen LogP contribution >= 0.6 is 11.6 Å². The number of piperazine rings is 1. The third-order valence-electron chi connectivity index (χ3n) is 5.55. The van der Waals surface area contributed by atoms with Gasteiger partial charge >= 0.3 is 0 Å². The van der Waals surface area contributed by atoms with Crippen LogP contribution in [0.25, 0.3) is 0 Å². The molecule has 1 saturated heterocycles. The van der Waals surface area contributed by atoms with Crippen molar-refractivity contribution >= 4 is 33.2 Å². The van der Waals surface area contributed by atoms with Crippen LogP contribution in [0.15, 0.2) is 36.4 Å². The van der Waals surface area contributed by atoms with Crippen LogP contribution in [0.2, 0.25) is 5.02 Å². The molecule has 12 heteroatoms. The van der Waals surface area contributed by atoms with Crippen LogP contribution < -0.4 is 15.6 Å². The Hall–Kier alpha value is -2.31. The molecule has 3 rings (SSSR count). The Morgan fingerprint density at radius 3 is 2.42 bits per heavy atom. The smallest absolute Gasteiger partial charge is 0.265 e. The SMILES string of the molecule is CN1CCN(CCS(=O)(=O)N(Cc2ccc(C(=O)NN)cc2F)c2ccc(F)c(Cl)c2)CC1. The van der Waals surface area contributed by atoms with Crippen molar-refractivity contribution in [2.45, 2.75) is 6.54 Å². The van der Waals surface area contributed by atoms with Gasteiger partial charge in [-0.15, -0.1) is 0 Å². The highest BCUT2D eigenvalue weighted by atomic mass is 35.5. The van der Waals surface area contributed by atoms with Crippen molar-refractivity contribution in [1.29, 1.82) is 0 Å². The minimum absolute atomic E-state index is 0.00643. The molecule has 1 aliphatic heterocycles. The highest BCUT2D eigenvalue weighted by molar-refractivity contribution is 7.92. The molecule has 1 aliphatic rings. The van der Waals surface area contributed by atoms with Gasteiger partial charge in [-0.2, -0.15) is 0 Å². The minimum Gasteiger partial charge on any atom is -0.304 e. The van der Waals surface area contributed by atoms with Gasteiger partial charge < -0.3 is 4.90 Å². The van der Waals surface area contributed by atoms with Gasteiger partial charge in [0.25, 0.3) is 5.91 Å². The van der Waals surface area contributed by atoms with E-state index in [4.69, 9.17) is 17.4 Å². The molecule has 0 unspecified atom stereocenters. The van der Waals surface area contributed by atoms with E-state index in [2.05, 4.69) is 4.90 Å². The molecule has 33 heavy (non-hydrogen) atoms. The largest absolute Gasteiger partial charge is 0.304 e. The molecular weight excluding hydrogens is 476 g/mol. The topological polar surface area (TPSA) is 99.0 Å². The predicted molar refractivity (Wildman–Crippen MR) is 123 cm³/mol. The zero-order valence-corrected chi connectivity index (χ0v) is 19.7. The number of sulfonamides is 1. The average molecular weight is 502 g/mol. The van der Waals surface area contributed by atoms with E-state index in [9.17, 15) is 22.0 Å². The molecule has 2 aromatic carbocycles. The van der Waals surface area contributed by atoms with E-state index in [0.29, 0.717) is 6.54 Å². The monoisotopic (exact) mass is 501 g/mol. The first-order valence-electron chi connectivity index (χ1n) is 10.3. The Kier molecular flexibility index (Phi) is 8.24. The lowest BCUT2D eigenvalue weighted by Gasteiger charge is -2.33. The Morgan fingerprint density at radius 1 is 1.12 bits per heavy atom. The number of amides is 1. The summed E-state index contributed by atoms with van der Waals surface area (Å²) in [4.78, 5) is 15.8. The van der Waals surface area contributed by atoms with Gasteiger partial charge in [-0.25, -0.2) is 23.0 Å². The third-order valence-corrected chi connectivity index (χ3v) is 7.55. The van der Waals surface area contributed by atoms with E-state index in [1.54, 1.807) is 0 Å². The summed E-state index contributed by atoms with van der Waals surface area (Å²) in [7, 11) is -1.93.